The van der Waals surface area contributed by atoms with E-state index < -0.39 is 0 Å². The van der Waals surface area contributed by atoms with Gasteiger partial charge in [0.2, 0.25) is 5.95 Å². The number of nitrogens with one attached hydrogen (secondary N) is 2. The number of aromatic nitrogens is 3. The maximum atomic E-state index is 4.38. The predicted octanol–water partition coefficient (Wildman–Crippen LogP) is 2.55. The fourth-order valence-corrected chi connectivity index (χ4v) is 2.23. The minimum absolute atomic E-state index is 0. The molecule has 7 heteroatoms. The first-order valence-electron chi connectivity index (χ1n) is 6.61. The lowest BCUT2D eigenvalue weighted by atomic mass is 10.1. The lowest BCUT2D eigenvalue weighted by Gasteiger charge is -2.23. The van der Waals surface area contributed by atoms with Gasteiger partial charge in [0.25, 0.3) is 0 Å². The fourth-order valence-electron chi connectivity index (χ4n) is 2.23. The smallest absolute Gasteiger partial charge is 0.222 e. The molecule has 0 amide bonds. The molecule has 5 nitrogen and oxygen atoms in total. The van der Waals surface area contributed by atoms with E-state index in [-0.39, 0.29) is 24.8 Å². The molecule has 3 rings (SSSR count). The minimum atomic E-state index is 0. The molecule has 1 aliphatic heterocycles. The molecular weight excluding hydrogens is 309 g/mol. The van der Waals surface area contributed by atoms with Crippen LogP contribution in [0.1, 0.15) is 12.8 Å². The monoisotopic (exact) mass is 327 g/mol. The van der Waals surface area contributed by atoms with Crippen molar-refractivity contribution >= 4 is 30.8 Å². The third kappa shape index (κ3) is 4.81. The van der Waals surface area contributed by atoms with Gasteiger partial charge in [-0.15, -0.1) is 24.8 Å². The third-order valence-corrected chi connectivity index (χ3v) is 3.32. The SMILES string of the molecule is Cl.Cl.c1cncc(-c2cnc(NC3CCNCC3)nc2)c1. The maximum absolute atomic E-state index is 4.38. The lowest BCUT2D eigenvalue weighted by Crippen LogP contribution is -2.35. The highest BCUT2D eigenvalue weighted by atomic mass is 35.5. The molecule has 2 N–H and O–H groups in total. The van der Waals surface area contributed by atoms with Gasteiger partial charge in [-0.25, -0.2) is 9.97 Å². The van der Waals surface area contributed by atoms with Crippen LogP contribution in [0.4, 0.5) is 5.95 Å². The van der Waals surface area contributed by atoms with Crippen molar-refractivity contribution in [3.63, 3.8) is 0 Å². The topological polar surface area (TPSA) is 62.7 Å². The fraction of sp³-hybridized carbons (Fsp3) is 0.357. The summed E-state index contributed by atoms with van der Waals surface area (Å²) in [6.45, 7) is 2.12. The van der Waals surface area contributed by atoms with Gasteiger partial charge in [-0.3, -0.25) is 4.98 Å². The number of hydrogen-bond donors (Lipinski definition) is 2. The summed E-state index contributed by atoms with van der Waals surface area (Å²) in [4.78, 5) is 12.9. The van der Waals surface area contributed by atoms with Crippen molar-refractivity contribution in [2.45, 2.75) is 18.9 Å². The Kier molecular flexibility index (Phi) is 7.36. The van der Waals surface area contributed by atoms with Crippen molar-refractivity contribution in [1.82, 2.24) is 20.3 Å². The summed E-state index contributed by atoms with van der Waals surface area (Å²) < 4.78 is 0. The van der Waals surface area contributed by atoms with Gasteiger partial charge >= 0.3 is 0 Å². The molecule has 0 aromatic carbocycles. The van der Waals surface area contributed by atoms with Crippen molar-refractivity contribution in [3.05, 3.63) is 36.9 Å². The van der Waals surface area contributed by atoms with Crippen LogP contribution >= 0.6 is 24.8 Å². The average molecular weight is 328 g/mol. The van der Waals surface area contributed by atoms with Gasteiger partial charge in [0.1, 0.15) is 0 Å². The van der Waals surface area contributed by atoms with Crippen LogP contribution in [-0.4, -0.2) is 34.1 Å². The highest BCUT2D eigenvalue weighted by Gasteiger charge is 2.13. The van der Waals surface area contributed by atoms with E-state index >= 15 is 0 Å². The van der Waals surface area contributed by atoms with E-state index in [9.17, 15) is 0 Å². The Labute approximate surface area is 136 Å². The standard InChI is InChI=1S/C14H17N5.2ClH/c1-2-11(8-16-5-1)12-9-17-14(18-10-12)19-13-3-6-15-7-4-13;;/h1-2,5,8-10,13,15H,3-4,6-7H2,(H,17,18,19);2*1H. The summed E-state index contributed by atoms with van der Waals surface area (Å²) in [5.74, 6) is 0.708. The quantitative estimate of drug-likeness (QED) is 0.907. The van der Waals surface area contributed by atoms with Crippen LogP contribution in [0.5, 0.6) is 0 Å². The molecule has 1 fully saturated rings. The first kappa shape index (κ1) is 17.6. The molecule has 0 bridgehead atoms. The van der Waals surface area contributed by atoms with Gasteiger partial charge in [0.05, 0.1) is 0 Å². The predicted molar refractivity (Wildman–Crippen MR) is 89.3 cm³/mol. The van der Waals surface area contributed by atoms with Crippen molar-refractivity contribution in [1.29, 1.82) is 0 Å². The van der Waals surface area contributed by atoms with Crippen LogP contribution in [0.25, 0.3) is 11.1 Å². The number of rotatable bonds is 3. The molecule has 0 spiro atoms. The van der Waals surface area contributed by atoms with Gasteiger partial charge in [-0.1, -0.05) is 6.07 Å². The number of halogens is 2. The Morgan fingerprint density at radius 2 is 1.71 bits per heavy atom. The van der Waals surface area contributed by atoms with Gasteiger partial charge in [0, 0.05) is 42.0 Å². The second kappa shape index (κ2) is 8.77. The van der Waals surface area contributed by atoms with Gasteiger partial charge in [0.15, 0.2) is 0 Å². The van der Waals surface area contributed by atoms with Crippen molar-refractivity contribution < 1.29 is 0 Å². The number of anilines is 1. The van der Waals surface area contributed by atoms with E-state index in [2.05, 4.69) is 25.6 Å². The highest BCUT2D eigenvalue weighted by molar-refractivity contribution is 5.85. The molecule has 2 aromatic heterocycles. The van der Waals surface area contributed by atoms with Crippen LogP contribution in [0.2, 0.25) is 0 Å². The Hall–Kier alpha value is -1.43. The van der Waals surface area contributed by atoms with Crippen LogP contribution in [-0.2, 0) is 0 Å². The van der Waals surface area contributed by atoms with Crippen LogP contribution in [0, 0.1) is 0 Å². The maximum Gasteiger partial charge on any atom is 0.222 e. The molecule has 0 aliphatic carbocycles. The average Bonchev–Trinajstić information content (AvgIpc) is 2.50. The van der Waals surface area contributed by atoms with Gasteiger partial charge in [-0.2, -0.15) is 0 Å². The molecule has 1 saturated heterocycles. The molecule has 114 valence electrons. The van der Waals surface area contributed by atoms with E-state index in [0.717, 1.165) is 37.1 Å². The van der Waals surface area contributed by atoms with E-state index in [0.29, 0.717) is 12.0 Å². The van der Waals surface area contributed by atoms with E-state index in [1.165, 1.54) is 0 Å². The zero-order valence-electron chi connectivity index (χ0n) is 11.5. The summed E-state index contributed by atoms with van der Waals surface area (Å²) in [5.41, 5.74) is 2.03. The number of nitrogens with zero attached hydrogens (tertiary/aromatic N) is 3. The van der Waals surface area contributed by atoms with E-state index in [1.54, 1.807) is 6.20 Å². The molecule has 0 saturated carbocycles. The molecule has 0 radical (unpaired) electrons. The number of hydrogen-bond acceptors (Lipinski definition) is 5. The molecule has 0 atom stereocenters. The molecule has 21 heavy (non-hydrogen) atoms. The lowest BCUT2D eigenvalue weighted by molar-refractivity contribution is 0.477. The molecule has 3 heterocycles. The van der Waals surface area contributed by atoms with Gasteiger partial charge in [-0.05, 0) is 32.0 Å². The normalized spacial score (nSPS) is 14.7. The van der Waals surface area contributed by atoms with Gasteiger partial charge < -0.3 is 10.6 Å². The van der Waals surface area contributed by atoms with Crippen molar-refractivity contribution in [3.8, 4) is 11.1 Å². The first-order valence-corrected chi connectivity index (χ1v) is 6.61. The Morgan fingerprint density at radius 1 is 1.00 bits per heavy atom. The first-order chi connectivity index (χ1) is 9.42. The van der Waals surface area contributed by atoms with E-state index in [4.69, 9.17) is 0 Å². The van der Waals surface area contributed by atoms with Crippen LogP contribution < -0.4 is 10.6 Å². The van der Waals surface area contributed by atoms with Crippen molar-refractivity contribution in [2.75, 3.05) is 18.4 Å². The largest absolute Gasteiger partial charge is 0.351 e. The number of piperidine rings is 1. The Bertz CT molecular complexity index is 515. The second-order valence-corrected chi connectivity index (χ2v) is 4.71. The Morgan fingerprint density at radius 3 is 2.33 bits per heavy atom. The van der Waals surface area contributed by atoms with Crippen LogP contribution in [0.3, 0.4) is 0 Å². The minimum Gasteiger partial charge on any atom is -0.351 e. The summed E-state index contributed by atoms with van der Waals surface area (Å²) in [7, 11) is 0. The summed E-state index contributed by atoms with van der Waals surface area (Å²) in [6, 6.07) is 4.40. The summed E-state index contributed by atoms with van der Waals surface area (Å²) >= 11 is 0. The van der Waals surface area contributed by atoms with Crippen molar-refractivity contribution in [2.24, 2.45) is 0 Å². The molecular formula is C14H19Cl2N5. The zero-order valence-corrected chi connectivity index (χ0v) is 13.2. The summed E-state index contributed by atoms with van der Waals surface area (Å²) in [5, 5.41) is 6.73. The molecule has 1 aliphatic rings. The van der Waals surface area contributed by atoms with E-state index in [1.807, 2.05) is 30.7 Å². The summed E-state index contributed by atoms with van der Waals surface area (Å²) in [6.07, 6.45) is 9.50. The zero-order chi connectivity index (χ0) is 12.9. The Balaban J connectivity index is 0.00000110. The highest BCUT2D eigenvalue weighted by Crippen LogP contribution is 2.17. The second-order valence-electron chi connectivity index (χ2n) is 4.71. The number of pyridine rings is 1. The van der Waals surface area contributed by atoms with Crippen LogP contribution in [0.15, 0.2) is 36.9 Å². The molecule has 2 aromatic rings. The molecule has 0 unspecified atom stereocenters. The third-order valence-electron chi connectivity index (χ3n) is 3.32.